The van der Waals surface area contributed by atoms with Crippen LogP contribution >= 0.6 is 0 Å². The lowest BCUT2D eigenvalue weighted by Gasteiger charge is -2.32. The number of piperidine rings is 1. The van der Waals surface area contributed by atoms with Crippen molar-refractivity contribution in [1.82, 2.24) is 25.7 Å². The van der Waals surface area contributed by atoms with Gasteiger partial charge in [0.25, 0.3) is 5.91 Å². The molecule has 1 aliphatic carbocycles. The number of carbonyl (C=O) groups excluding carboxylic acids is 2. The summed E-state index contributed by atoms with van der Waals surface area (Å²) >= 11 is 0. The number of nitrogens with zero attached hydrogens (tertiary/aromatic N) is 3. The summed E-state index contributed by atoms with van der Waals surface area (Å²) in [5, 5.41) is 10.3. The Bertz CT molecular complexity index is 1190. The van der Waals surface area contributed by atoms with Gasteiger partial charge in [-0.05, 0) is 45.2 Å². The van der Waals surface area contributed by atoms with Crippen LogP contribution in [0, 0.1) is 6.92 Å². The summed E-state index contributed by atoms with van der Waals surface area (Å²) in [6.07, 6.45) is 5.52. The van der Waals surface area contributed by atoms with Crippen molar-refractivity contribution in [3.8, 4) is 17.1 Å². The van der Waals surface area contributed by atoms with Crippen LogP contribution in [0.15, 0.2) is 53.2 Å². The molecule has 0 bridgehead atoms. The van der Waals surface area contributed by atoms with Gasteiger partial charge in [-0.1, -0.05) is 35.5 Å². The molecule has 0 spiro atoms. The zero-order valence-corrected chi connectivity index (χ0v) is 20.4. The Morgan fingerprint density at radius 2 is 1.92 bits per heavy atom. The van der Waals surface area contributed by atoms with E-state index in [2.05, 4.69) is 25.7 Å². The predicted molar refractivity (Wildman–Crippen MR) is 133 cm³/mol. The maximum Gasteiger partial charge on any atom is 0.253 e. The number of aromatic nitrogens is 2. The Morgan fingerprint density at radius 3 is 2.67 bits per heavy atom. The van der Waals surface area contributed by atoms with Gasteiger partial charge in [0.05, 0.1) is 17.7 Å². The van der Waals surface area contributed by atoms with Gasteiger partial charge in [-0.15, -0.1) is 0 Å². The summed E-state index contributed by atoms with van der Waals surface area (Å²) < 4.78 is 11.3. The molecule has 1 atom stereocenters. The van der Waals surface area contributed by atoms with Crippen molar-refractivity contribution < 1.29 is 18.8 Å². The fourth-order valence-electron chi connectivity index (χ4n) is 4.42. The van der Waals surface area contributed by atoms with Gasteiger partial charge in [0.15, 0.2) is 0 Å². The number of carbonyl (C=O) groups is 2. The van der Waals surface area contributed by atoms with Crippen LogP contribution in [0.4, 0.5) is 0 Å². The third-order valence-corrected chi connectivity index (χ3v) is 6.55. The number of ether oxygens (including phenoxy) is 1. The van der Waals surface area contributed by atoms with Gasteiger partial charge in [0.1, 0.15) is 18.1 Å². The summed E-state index contributed by atoms with van der Waals surface area (Å²) in [5.74, 6) is 0.999. The van der Waals surface area contributed by atoms with Gasteiger partial charge in [-0.3, -0.25) is 14.5 Å². The summed E-state index contributed by atoms with van der Waals surface area (Å²) in [4.78, 5) is 31.3. The summed E-state index contributed by atoms with van der Waals surface area (Å²) in [7, 11) is 0. The molecule has 1 unspecified atom stereocenters. The van der Waals surface area contributed by atoms with Crippen LogP contribution in [0.3, 0.4) is 0 Å². The Kier molecular flexibility index (Phi) is 7.27. The molecule has 188 valence electrons. The summed E-state index contributed by atoms with van der Waals surface area (Å²) in [6, 6.07) is 13.6. The monoisotopic (exact) mass is 489 g/mol. The molecule has 9 heteroatoms. The lowest BCUT2D eigenvalue weighted by molar-refractivity contribution is -0.122. The standard InChI is InChI=1S/C27H31N5O4/c1-18-23(26(31-36-18)19-6-3-2-4-7-19)17-35-25-12-9-20(14-28-25)27(34)30-22-8-5-13-32(15-22)16-24(33)29-21-10-11-21/h2-4,6-7,9,12,14,21-22H,5,8,10-11,13,15-17H2,1H3,(H,29,33)(H,30,34). The molecule has 1 saturated heterocycles. The molecule has 9 nitrogen and oxygen atoms in total. The molecule has 2 aromatic heterocycles. The number of likely N-dealkylation sites (tertiary alicyclic amines) is 1. The molecule has 5 rings (SSSR count). The number of amides is 2. The third kappa shape index (κ3) is 6.09. The predicted octanol–water partition coefficient (Wildman–Crippen LogP) is 3.10. The van der Waals surface area contributed by atoms with Gasteiger partial charge >= 0.3 is 0 Å². The Hall–Kier alpha value is -3.72. The summed E-state index contributed by atoms with van der Waals surface area (Å²) in [5.41, 5.74) is 3.03. The molecular formula is C27H31N5O4. The molecular weight excluding hydrogens is 458 g/mol. The zero-order valence-electron chi connectivity index (χ0n) is 20.4. The second-order valence-electron chi connectivity index (χ2n) is 9.50. The van der Waals surface area contributed by atoms with Crippen molar-refractivity contribution in [3.05, 3.63) is 65.5 Å². The molecule has 1 aromatic carbocycles. The van der Waals surface area contributed by atoms with E-state index in [1.54, 1.807) is 12.1 Å². The lowest BCUT2D eigenvalue weighted by atomic mass is 10.1. The fourth-order valence-corrected chi connectivity index (χ4v) is 4.42. The topological polar surface area (TPSA) is 110 Å². The second kappa shape index (κ2) is 10.9. The maximum absolute atomic E-state index is 12.8. The van der Waals surface area contributed by atoms with Gasteiger partial charge in [-0.2, -0.15) is 0 Å². The number of rotatable bonds is 9. The smallest absolute Gasteiger partial charge is 0.253 e. The molecule has 0 radical (unpaired) electrons. The first-order chi connectivity index (χ1) is 17.5. The van der Waals surface area contributed by atoms with Gasteiger partial charge in [0, 0.05) is 36.5 Å². The maximum atomic E-state index is 12.8. The van der Waals surface area contributed by atoms with E-state index >= 15 is 0 Å². The molecule has 36 heavy (non-hydrogen) atoms. The van der Waals surface area contributed by atoms with Crippen LogP contribution in [0.2, 0.25) is 0 Å². The first-order valence-electron chi connectivity index (χ1n) is 12.5. The van der Waals surface area contributed by atoms with Crippen molar-refractivity contribution in [2.45, 2.75) is 51.3 Å². The molecule has 2 amide bonds. The highest BCUT2D eigenvalue weighted by atomic mass is 16.5. The number of hydrogen-bond donors (Lipinski definition) is 2. The van der Waals surface area contributed by atoms with E-state index in [1.807, 2.05) is 37.3 Å². The van der Waals surface area contributed by atoms with Gasteiger partial charge in [0.2, 0.25) is 11.8 Å². The van der Waals surface area contributed by atoms with Crippen molar-refractivity contribution in [2.75, 3.05) is 19.6 Å². The van der Waals surface area contributed by atoms with E-state index in [4.69, 9.17) is 9.26 Å². The van der Waals surface area contributed by atoms with Crippen LogP contribution < -0.4 is 15.4 Å². The Balaban J connectivity index is 1.13. The van der Waals surface area contributed by atoms with E-state index in [-0.39, 0.29) is 24.5 Å². The highest BCUT2D eigenvalue weighted by Gasteiger charge is 2.27. The molecule has 2 fully saturated rings. The van der Waals surface area contributed by atoms with Crippen LogP contribution in [-0.4, -0.2) is 58.6 Å². The van der Waals surface area contributed by atoms with Crippen molar-refractivity contribution in [3.63, 3.8) is 0 Å². The van der Waals surface area contributed by atoms with Crippen LogP contribution in [0.5, 0.6) is 5.88 Å². The Labute approximate surface area is 210 Å². The minimum Gasteiger partial charge on any atom is -0.473 e. The highest BCUT2D eigenvalue weighted by molar-refractivity contribution is 5.94. The zero-order chi connectivity index (χ0) is 24.9. The summed E-state index contributed by atoms with van der Waals surface area (Å²) in [6.45, 7) is 4.03. The number of hydrogen-bond acceptors (Lipinski definition) is 7. The normalized spacial score (nSPS) is 18.0. The van der Waals surface area contributed by atoms with Crippen LogP contribution in [-0.2, 0) is 11.4 Å². The lowest BCUT2D eigenvalue weighted by Crippen LogP contribution is -2.50. The van der Waals surface area contributed by atoms with Crippen LogP contribution in [0.25, 0.3) is 11.3 Å². The number of nitrogens with one attached hydrogen (secondary N) is 2. The van der Waals surface area contributed by atoms with Gasteiger partial charge < -0.3 is 19.9 Å². The average Bonchev–Trinajstić information content (AvgIpc) is 3.62. The van der Waals surface area contributed by atoms with Crippen LogP contribution in [0.1, 0.15) is 47.4 Å². The van der Waals surface area contributed by atoms with E-state index in [0.717, 1.165) is 49.0 Å². The van der Waals surface area contributed by atoms with E-state index < -0.39 is 0 Å². The van der Waals surface area contributed by atoms with E-state index in [0.29, 0.717) is 36.3 Å². The number of aryl methyl sites for hydroxylation is 1. The van der Waals surface area contributed by atoms with E-state index in [9.17, 15) is 9.59 Å². The average molecular weight is 490 g/mol. The van der Waals surface area contributed by atoms with E-state index in [1.165, 1.54) is 6.20 Å². The minimum atomic E-state index is -0.176. The number of benzene rings is 1. The van der Waals surface area contributed by atoms with Crippen molar-refractivity contribution in [1.29, 1.82) is 0 Å². The second-order valence-corrected chi connectivity index (χ2v) is 9.50. The quantitative estimate of drug-likeness (QED) is 0.475. The van der Waals surface area contributed by atoms with Gasteiger partial charge in [-0.25, -0.2) is 4.98 Å². The SMILES string of the molecule is Cc1onc(-c2ccccc2)c1COc1ccc(C(=O)NC2CCCN(CC(=O)NC3CC3)C2)cn1. The fraction of sp³-hybridized carbons (Fsp3) is 0.407. The molecule has 1 saturated carbocycles. The molecule has 3 aromatic rings. The number of pyridine rings is 1. The first kappa shape index (κ1) is 24.0. The largest absolute Gasteiger partial charge is 0.473 e. The molecule has 2 N–H and O–H groups in total. The molecule has 2 aliphatic rings. The molecule has 3 heterocycles. The highest BCUT2D eigenvalue weighted by Crippen LogP contribution is 2.26. The van der Waals surface area contributed by atoms with Crippen molar-refractivity contribution >= 4 is 11.8 Å². The minimum absolute atomic E-state index is 0.00359. The first-order valence-corrected chi connectivity index (χ1v) is 12.5. The third-order valence-electron chi connectivity index (χ3n) is 6.55. The van der Waals surface area contributed by atoms with Crippen molar-refractivity contribution in [2.24, 2.45) is 0 Å². The molecule has 1 aliphatic heterocycles. The Morgan fingerprint density at radius 1 is 1.08 bits per heavy atom.